The minimum atomic E-state index is -0.698. The second-order valence-electron chi connectivity index (χ2n) is 4.46. The van der Waals surface area contributed by atoms with Crippen molar-refractivity contribution in [3.05, 3.63) is 25.3 Å². The van der Waals surface area contributed by atoms with E-state index >= 15 is 0 Å². The van der Waals surface area contributed by atoms with E-state index in [4.69, 9.17) is 5.11 Å². The average molecular weight is 276 g/mol. The molecule has 0 fully saturated rings. The average Bonchev–Trinajstić information content (AvgIpc) is 2.28. The number of carbonyl (C=O) groups is 1. The van der Waals surface area contributed by atoms with Crippen LogP contribution < -0.4 is 17.7 Å². The first-order chi connectivity index (χ1) is 8.15. The molecule has 1 atom stereocenters. The highest BCUT2D eigenvalue weighted by Gasteiger charge is 2.19. The molecule has 0 bridgehead atoms. The molecular formula is C14H26ClNO2. The number of hydrogen-bond donors (Lipinski definition) is 2. The zero-order chi connectivity index (χ0) is 13.1. The predicted octanol–water partition coefficient (Wildman–Crippen LogP) is -1.03. The van der Waals surface area contributed by atoms with Crippen LogP contribution in [0, 0.1) is 5.92 Å². The van der Waals surface area contributed by atoms with Crippen molar-refractivity contribution < 1.29 is 27.6 Å². The van der Waals surface area contributed by atoms with Crippen molar-refractivity contribution in [3.8, 4) is 0 Å². The Morgan fingerprint density at radius 2 is 1.83 bits per heavy atom. The van der Waals surface area contributed by atoms with Gasteiger partial charge in [0, 0.05) is 6.42 Å². The van der Waals surface area contributed by atoms with Crippen molar-refractivity contribution in [2.45, 2.75) is 45.1 Å². The standard InChI is InChI=1S/C14H25NO2.ClH/c1-4-7-12(8-5-2)10-11-15-13(9-6-3)14(16)17;/h4-5,12-13,15H,1-2,6-11H2,3H3,(H,16,17);1H. The van der Waals surface area contributed by atoms with Gasteiger partial charge >= 0.3 is 5.97 Å². The fourth-order valence-electron chi connectivity index (χ4n) is 1.99. The molecule has 3 nitrogen and oxygen atoms in total. The van der Waals surface area contributed by atoms with Crippen LogP contribution in [-0.2, 0) is 4.79 Å². The van der Waals surface area contributed by atoms with Crippen LogP contribution in [0.4, 0.5) is 0 Å². The van der Waals surface area contributed by atoms with E-state index in [1.54, 1.807) is 0 Å². The summed E-state index contributed by atoms with van der Waals surface area (Å²) in [6, 6.07) is -0.284. The van der Waals surface area contributed by atoms with Crippen LogP contribution in [0.15, 0.2) is 25.3 Å². The summed E-state index contributed by atoms with van der Waals surface area (Å²) in [5, 5.41) is 11.0. The molecule has 4 heteroatoms. The number of hydrogen-bond acceptors (Lipinski definition) is 1. The summed E-state index contributed by atoms with van der Waals surface area (Å²) in [5.41, 5.74) is 0. The zero-order valence-electron chi connectivity index (χ0n) is 11.3. The summed E-state index contributed by atoms with van der Waals surface area (Å²) >= 11 is 0. The molecular weight excluding hydrogens is 250 g/mol. The summed E-state index contributed by atoms with van der Waals surface area (Å²) in [5.74, 6) is -0.145. The Kier molecular flexibility index (Phi) is 13.7. The second kappa shape index (κ2) is 12.7. The van der Waals surface area contributed by atoms with Gasteiger partial charge in [-0.05, 0) is 31.6 Å². The van der Waals surface area contributed by atoms with Gasteiger partial charge in [0.15, 0.2) is 6.04 Å². The molecule has 0 aromatic heterocycles. The Hall–Kier alpha value is -0.800. The van der Waals surface area contributed by atoms with Gasteiger partial charge in [0.1, 0.15) is 0 Å². The fraction of sp³-hybridized carbons (Fsp3) is 0.643. The minimum Gasteiger partial charge on any atom is -1.00 e. The van der Waals surface area contributed by atoms with Crippen LogP contribution in [0.25, 0.3) is 0 Å². The lowest BCUT2D eigenvalue weighted by atomic mass is 9.97. The summed E-state index contributed by atoms with van der Waals surface area (Å²) in [6.45, 7) is 10.4. The Morgan fingerprint density at radius 3 is 2.22 bits per heavy atom. The SMILES string of the molecule is C=CCC(CC=C)CC[NH2+]C(CCC)C(=O)O.[Cl-]. The number of aliphatic carboxylic acids is 1. The van der Waals surface area contributed by atoms with E-state index in [0.717, 1.165) is 38.6 Å². The molecule has 3 N–H and O–H groups in total. The molecule has 0 amide bonds. The number of carboxylic acids is 1. The third-order valence-electron chi connectivity index (χ3n) is 2.94. The quantitative estimate of drug-likeness (QED) is 0.474. The van der Waals surface area contributed by atoms with Gasteiger partial charge in [0.05, 0.1) is 6.54 Å². The maximum Gasteiger partial charge on any atom is 0.362 e. The van der Waals surface area contributed by atoms with E-state index in [1.165, 1.54) is 0 Å². The first kappa shape index (κ1) is 19.5. The highest BCUT2D eigenvalue weighted by molar-refractivity contribution is 5.71. The van der Waals surface area contributed by atoms with Gasteiger partial charge in [-0.25, -0.2) is 4.79 Å². The lowest BCUT2D eigenvalue weighted by Crippen LogP contribution is -3.00. The van der Waals surface area contributed by atoms with Crippen LogP contribution in [0.2, 0.25) is 0 Å². The molecule has 0 radical (unpaired) electrons. The second-order valence-corrected chi connectivity index (χ2v) is 4.46. The van der Waals surface area contributed by atoms with E-state index in [-0.39, 0.29) is 18.4 Å². The summed E-state index contributed by atoms with van der Waals surface area (Å²) < 4.78 is 0. The number of quaternary nitrogens is 1. The maximum absolute atomic E-state index is 11.0. The van der Waals surface area contributed by atoms with Crippen LogP contribution in [-0.4, -0.2) is 23.7 Å². The molecule has 106 valence electrons. The topological polar surface area (TPSA) is 53.9 Å². The van der Waals surface area contributed by atoms with E-state index < -0.39 is 5.97 Å². The molecule has 0 saturated carbocycles. The molecule has 18 heavy (non-hydrogen) atoms. The Balaban J connectivity index is 0. The van der Waals surface area contributed by atoms with Gasteiger partial charge < -0.3 is 22.8 Å². The van der Waals surface area contributed by atoms with E-state index in [2.05, 4.69) is 13.2 Å². The van der Waals surface area contributed by atoms with Crippen molar-refractivity contribution in [2.75, 3.05) is 6.54 Å². The first-order valence-electron chi connectivity index (χ1n) is 6.43. The van der Waals surface area contributed by atoms with Crippen LogP contribution in [0.3, 0.4) is 0 Å². The number of allylic oxidation sites excluding steroid dienone is 2. The lowest BCUT2D eigenvalue weighted by molar-refractivity contribution is -0.679. The van der Waals surface area contributed by atoms with Gasteiger partial charge in [-0.15, -0.1) is 13.2 Å². The predicted molar refractivity (Wildman–Crippen MR) is 70.9 cm³/mol. The number of halogens is 1. The van der Waals surface area contributed by atoms with Crippen molar-refractivity contribution in [1.82, 2.24) is 0 Å². The minimum absolute atomic E-state index is 0. The molecule has 0 aliphatic carbocycles. The van der Waals surface area contributed by atoms with Gasteiger partial charge in [-0.2, -0.15) is 0 Å². The third-order valence-corrected chi connectivity index (χ3v) is 2.94. The number of rotatable bonds is 11. The lowest BCUT2D eigenvalue weighted by Gasteiger charge is -2.14. The molecule has 0 aromatic carbocycles. The molecule has 1 unspecified atom stereocenters. The number of nitrogens with two attached hydrogens (primary N) is 1. The van der Waals surface area contributed by atoms with E-state index in [9.17, 15) is 4.79 Å². The normalized spacial score (nSPS) is 11.7. The third kappa shape index (κ3) is 9.25. The Bertz CT molecular complexity index is 234. The molecule has 0 aliphatic rings. The fourth-order valence-corrected chi connectivity index (χ4v) is 1.99. The Morgan fingerprint density at radius 1 is 1.28 bits per heavy atom. The van der Waals surface area contributed by atoms with E-state index in [1.807, 2.05) is 24.4 Å². The summed E-state index contributed by atoms with van der Waals surface area (Å²) in [6.07, 6.45) is 8.48. The molecule has 0 spiro atoms. The smallest absolute Gasteiger partial charge is 0.362 e. The molecule has 0 saturated heterocycles. The molecule has 0 rings (SSSR count). The van der Waals surface area contributed by atoms with Crippen molar-refractivity contribution >= 4 is 5.97 Å². The van der Waals surface area contributed by atoms with E-state index in [0.29, 0.717) is 5.92 Å². The summed E-state index contributed by atoms with van der Waals surface area (Å²) in [7, 11) is 0. The van der Waals surface area contributed by atoms with Crippen molar-refractivity contribution in [1.29, 1.82) is 0 Å². The van der Waals surface area contributed by atoms with Crippen molar-refractivity contribution in [3.63, 3.8) is 0 Å². The molecule has 0 aromatic rings. The summed E-state index contributed by atoms with van der Waals surface area (Å²) in [4.78, 5) is 11.0. The first-order valence-corrected chi connectivity index (χ1v) is 6.43. The van der Waals surface area contributed by atoms with Crippen LogP contribution in [0.5, 0.6) is 0 Å². The highest BCUT2D eigenvalue weighted by atomic mass is 35.5. The number of carboxylic acid groups (broad SMARTS) is 1. The molecule has 0 aliphatic heterocycles. The van der Waals surface area contributed by atoms with Crippen LogP contribution >= 0.6 is 0 Å². The van der Waals surface area contributed by atoms with Crippen molar-refractivity contribution in [2.24, 2.45) is 5.92 Å². The van der Waals surface area contributed by atoms with Gasteiger partial charge in [0.2, 0.25) is 0 Å². The van der Waals surface area contributed by atoms with Crippen LogP contribution in [0.1, 0.15) is 39.0 Å². The Labute approximate surface area is 117 Å². The van der Waals surface area contributed by atoms with Gasteiger partial charge in [-0.3, -0.25) is 0 Å². The van der Waals surface area contributed by atoms with Gasteiger partial charge in [-0.1, -0.05) is 19.1 Å². The maximum atomic E-state index is 11.0. The largest absolute Gasteiger partial charge is 1.00 e. The van der Waals surface area contributed by atoms with Gasteiger partial charge in [0.25, 0.3) is 0 Å². The highest BCUT2D eigenvalue weighted by Crippen LogP contribution is 2.12. The zero-order valence-corrected chi connectivity index (χ0v) is 12.0. The molecule has 0 heterocycles. The monoisotopic (exact) mass is 275 g/mol.